The number of hydrogen-bond acceptors (Lipinski definition) is 5. The molecule has 0 fully saturated rings. The van der Waals surface area contributed by atoms with E-state index in [1.54, 1.807) is 0 Å². The van der Waals surface area contributed by atoms with Crippen LogP contribution < -0.4 is 10.1 Å². The van der Waals surface area contributed by atoms with Crippen LogP contribution in [0.1, 0.15) is 35.3 Å². The van der Waals surface area contributed by atoms with Crippen molar-refractivity contribution in [1.29, 1.82) is 0 Å². The highest BCUT2D eigenvalue weighted by atomic mass is 16.6. The number of non-ortho nitro benzene ring substituents is 1. The van der Waals surface area contributed by atoms with Gasteiger partial charge in [0.1, 0.15) is 5.75 Å². The normalized spacial score (nSPS) is 10.2. The van der Waals surface area contributed by atoms with Crippen LogP contribution in [0, 0.1) is 10.1 Å². The number of anilines is 1. The molecule has 0 aromatic heterocycles. The van der Waals surface area contributed by atoms with Crippen LogP contribution in [0.15, 0.2) is 36.4 Å². The minimum atomic E-state index is -0.600. The van der Waals surface area contributed by atoms with Crippen molar-refractivity contribution in [2.24, 2.45) is 0 Å². The first-order chi connectivity index (χ1) is 12.5. The molecule has 7 heteroatoms. The lowest BCUT2D eigenvalue weighted by atomic mass is 10.0. The van der Waals surface area contributed by atoms with Crippen LogP contribution >= 0.6 is 0 Å². The second-order valence-electron chi connectivity index (χ2n) is 5.59. The molecule has 1 N–H and O–H groups in total. The van der Waals surface area contributed by atoms with E-state index < -0.39 is 4.92 Å². The van der Waals surface area contributed by atoms with E-state index in [1.165, 1.54) is 12.1 Å². The van der Waals surface area contributed by atoms with E-state index in [1.807, 2.05) is 32.0 Å². The zero-order chi connectivity index (χ0) is 19.1. The smallest absolute Gasteiger partial charge is 0.270 e. The number of carbonyl (C=O) groups is 2. The lowest BCUT2D eigenvalue weighted by Gasteiger charge is -2.15. The highest BCUT2D eigenvalue weighted by Crippen LogP contribution is 2.24. The molecular weight excluding hydrogens is 336 g/mol. The number of aryl methyl sites for hydroxylation is 2. The Labute approximate surface area is 151 Å². The summed E-state index contributed by atoms with van der Waals surface area (Å²) in [5.41, 5.74) is 2.65. The van der Waals surface area contributed by atoms with Gasteiger partial charge in [0.2, 0.25) is 0 Å². The van der Waals surface area contributed by atoms with Crippen molar-refractivity contribution in [2.45, 2.75) is 26.7 Å². The van der Waals surface area contributed by atoms with Crippen LogP contribution in [0.5, 0.6) is 5.75 Å². The molecule has 0 radical (unpaired) electrons. The number of nitro groups is 1. The number of amides is 1. The Hall–Kier alpha value is -3.22. The van der Waals surface area contributed by atoms with E-state index in [9.17, 15) is 19.7 Å². The summed E-state index contributed by atoms with van der Waals surface area (Å²) in [5, 5.41) is 13.6. The summed E-state index contributed by atoms with van der Waals surface area (Å²) in [5.74, 6) is -0.240. The number of benzene rings is 2. The second-order valence-corrected chi connectivity index (χ2v) is 5.59. The molecule has 0 unspecified atom stereocenters. The maximum absolute atomic E-state index is 12.3. The topological polar surface area (TPSA) is 98.5 Å². The zero-order valence-corrected chi connectivity index (χ0v) is 14.7. The predicted molar refractivity (Wildman–Crippen MR) is 97.8 cm³/mol. The average Bonchev–Trinajstić information content (AvgIpc) is 2.66. The van der Waals surface area contributed by atoms with Gasteiger partial charge in [-0.15, -0.1) is 0 Å². The Morgan fingerprint density at radius 2 is 1.85 bits per heavy atom. The lowest BCUT2D eigenvalue weighted by molar-refractivity contribution is -0.384. The van der Waals surface area contributed by atoms with Crippen LogP contribution in [-0.2, 0) is 17.6 Å². The first-order valence-corrected chi connectivity index (χ1v) is 8.27. The molecule has 0 aliphatic heterocycles. The van der Waals surface area contributed by atoms with Crippen LogP contribution in [-0.4, -0.2) is 23.7 Å². The van der Waals surface area contributed by atoms with Crippen molar-refractivity contribution >= 4 is 23.6 Å². The fourth-order valence-electron chi connectivity index (χ4n) is 2.59. The van der Waals surface area contributed by atoms with Crippen molar-refractivity contribution in [1.82, 2.24) is 0 Å². The minimum absolute atomic E-state index is 0.0233. The molecule has 0 saturated carbocycles. The van der Waals surface area contributed by atoms with Crippen LogP contribution in [0.3, 0.4) is 0 Å². The third-order valence-corrected chi connectivity index (χ3v) is 3.95. The largest absolute Gasteiger partial charge is 0.483 e. The van der Waals surface area contributed by atoms with E-state index >= 15 is 0 Å². The summed E-state index contributed by atoms with van der Waals surface area (Å²) >= 11 is 0. The fourth-order valence-corrected chi connectivity index (χ4v) is 2.59. The molecule has 7 nitrogen and oxygen atoms in total. The van der Waals surface area contributed by atoms with Gasteiger partial charge in [-0.05, 0) is 30.0 Å². The number of nitrogens with one attached hydrogen (secondary N) is 1. The minimum Gasteiger partial charge on any atom is -0.483 e. The molecule has 0 aliphatic carbocycles. The molecule has 0 aliphatic rings. The number of nitro benzene ring substituents is 1. The van der Waals surface area contributed by atoms with Crippen LogP contribution in [0.4, 0.5) is 11.4 Å². The van der Waals surface area contributed by atoms with Gasteiger partial charge in [-0.2, -0.15) is 0 Å². The SMILES string of the molecule is CCc1cccc(CC)c1NC(=O)COc1ccc([N+](=O)[O-])cc1C=O. The van der Waals surface area contributed by atoms with Crippen molar-refractivity contribution < 1.29 is 19.2 Å². The molecule has 26 heavy (non-hydrogen) atoms. The van der Waals surface area contributed by atoms with E-state index in [-0.39, 0.29) is 29.5 Å². The number of aldehydes is 1. The molecule has 1 amide bonds. The highest BCUT2D eigenvalue weighted by Gasteiger charge is 2.14. The Bertz CT molecular complexity index is 810. The van der Waals surface area contributed by atoms with E-state index in [2.05, 4.69) is 5.32 Å². The van der Waals surface area contributed by atoms with Gasteiger partial charge in [-0.25, -0.2) is 0 Å². The van der Waals surface area contributed by atoms with Gasteiger partial charge in [0, 0.05) is 17.8 Å². The number of para-hydroxylation sites is 1. The highest BCUT2D eigenvalue weighted by molar-refractivity contribution is 5.93. The molecule has 0 heterocycles. The van der Waals surface area contributed by atoms with E-state index in [4.69, 9.17) is 4.74 Å². The number of rotatable bonds is 8. The molecule has 2 rings (SSSR count). The Morgan fingerprint density at radius 3 is 2.38 bits per heavy atom. The monoisotopic (exact) mass is 356 g/mol. The standard InChI is InChI=1S/C19H20N2O5/c1-3-13-6-5-7-14(4-2)19(13)20-18(23)12-26-17-9-8-16(21(24)25)10-15(17)11-22/h5-11H,3-4,12H2,1-2H3,(H,20,23). The summed E-state index contributed by atoms with van der Waals surface area (Å²) in [7, 11) is 0. The van der Waals surface area contributed by atoms with Crippen molar-refractivity contribution in [3.63, 3.8) is 0 Å². The molecular formula is C19H20N2O5. The van der Waals surface area contributed by atoms with Crippen molar-refractivity contribution in [3.8, 4) is 5.75 Å². The number of nitrogens with zero attached hydrogens (tertiary/aromatic N) is 1. The van der Waals surface area contributed by atoms with Crippen LogP contribution in [0.2, 0.25) is 0 Å². The Kier molecular flexibility index (Phi) is 6.43. The Morgan fingerprint density at radius 1 is 1.19 bits per heavy atom. The third-order valence-electron chi connectivity index (χ3n) is 3.95. The second kappa shape index (κ2) is 8.75. The molecule has 0 saturated heterocycles. The average molecular weight is 356 g/mol. The zero-order valence-electron chi connectivity index (χ0n) is 14.7. The van der Waals surface area contributed by atoms with Gasteiger partial charge in [-0.3, -0.25) is 19.7 Å². The van der Waals surface area contributed by atoms with Gasteiger partial charge in [0.25, 0.3) is 11.6 Å². The molecule has 0 spiro atoms. The summed E-state index contributed by atoms with van der Waals surface area (Å²) in [6.45, 7) is 3.71. The first-order valence-electron chi connectivity index (χ1n) is 8.27. The number of carbonyl (C=O) groups excluding carboxylic acids is 2. The van der Waals surface area contributed by atoms with Gasteiger partial charge in [0.05, 0.1) is 10.5 Å². The maximum Gasteiger partial charge on any atom is 0.270 e. The molecule has 2 aromatic rings. The Balaban J connectivity index is 2.11. The number of hydrogen-bond donors (Lipinski definition) is 1. The maximum atomic E-state index is 12.3. The molecule has 0 atom stereocenters. The van der Waals surface area contributed by atoms with Gasteiger partial charge in [0.15, 0.2) is 12.9 Å². The molecule has 136 valence electrons. The summed E-state index contributed by atoms with van der Waals surface area (Å²) in [6.07, 6.45) is 2.02. The van der Waals surface area contributed by atoms with E-state index in [0.717, 1.165) is 35.7 Å². The summed E-state index contributed by atoms with van der Waals surface area (Å²) in [4.78, 5) is 33.5. The quantitative estimate of drug-likeness (QED) is 0.443. The third kappa shape index (κ3) is 4.44. The van der Waals surface area contributed by atoms with Gasteiger partial charge in [-0.1, -0.05) is 32.0 Å². The molecule has 0 bridgehead atoms. The summed E-state index contributed by atoms with van der Waals surface area (Å²) < 4.78 is 5.38. The number of ether oxygens (including phenoxy) is 1. The van der Waals surface area contributed by atoms with Gasteiger partial charge >= 0.3 is 0 Å². The van der Waals surface area contributed by atoms with Crippen molar-refractivity contribution in [2.75, 3.05) is 11.9 Å². The lowest BCUT2D eigenvalue weighted by Crippen LogP contribution is -2.22. The predicted octanol–water partition coefficient (Wildman–Crippen LogP) is 3.55. The van der Waals surface area contributed by atoms with Crippen molar-refractivity contribution in [3.05, 3.63) is 63.2 Å². The summed E-state index contributed by atoms with van der Waals surface area (Å²) in [6, 6.07) is 9.51. The van der Waals surface area contributed by atoms with E-state index in [0.29, 0.717) is 6.29 Å². The first kappa shape index (κ1) is 19.1. The van der Waals surface area contributed by atoms with Crippen LogP contribution in [0.25, 0.3) is 0 Å². The fraction of sp³-hybridized carbons (Fsp3) is 0.263. The van der Waals surface area contributed by atoms with Gasteiger partial charge < -0.3 is 10.1 Å². The molecule has 2 aromatic carbocycles.